The predicted octanol–water partition coefficient (Wildman–Crippen LogP) is 3.51. The highest BCUT2D eigenvalue weighted by atomic mass is 32.1. The van der Waals surface area contributed by atoms with Gasteiger partial charge in [-0.3, -0.25) is 14.8 Å². The van der Waals surface area contributed by atoms with Crippen molar-refractivity contribution in [3.8, 4) is 5.75 Å². The van der Waals surface area contributed by atoms with Gasteiger partial charge < -0.3 is 4.74 Å². The highest BCUT2D eigenvalue weighted by Crippen LogP contribution is 2.32. The average molecular weight is 330 g/mol. The average Bonchev–Trinajstić information content (AvgIpc) is 3.12. The number of rotatable bonds is 3. The Kier molecular flexibility index (Phi) is 3.81. The van der Waals surface area contributed by atoms with Gasteiger partial charge in [-0.15, -0.1) is 0 Å². The second-order valence-corrected chi connectivity index (χ2v) is 7.16. The first-order chi connectivity index (χ1) is 10.9. The van der Waals surface area contributed by atoms with Crippen LogP contribution in [-0.2, 0) is 5.54 Å². The van der Waals surface area contributed by atoms with Crippen molar-refractivity contribution < 1.29 is 9.53 Å². The van der Waals surface area contributed by atoms with E-state index < -0.39 is 0 Å². The molecule has 0 aliphatic carbocycles. The van der Waals surface area contributed by atoms with Crippen molar-refractivity contribution in [3.63, 3.8) is 0 Å². The summed E-state index contributed by atoms with van der Waals surface area (Å²) in [7, 11) is 1.60. The van der Waals surface area contributed by atoms with Crippen LogP contribution in [-0.4, -0.2) is 27.8 Å². The summed E-state index contributed by atoms with van der Waals surface area (Å²) in [4.78, 5) is 16.8. The third-order valence-corrected chi connectivity index (χ3v) is 4.29. The van der Waals surface area contributed by atoms with Crippen LogP contribution in [0.5, 0.6) is 5.75 Å². The molecular formula is C16H18N4O2S. The minimum absolute atomic E-state index is 0.165. The number of carbonyl (C=O) groups is 1. The molecule has 23 heavy (non-hydrogen) atoms. The summed E-state index contributed by atoms with van der Waals surface area (Å²) in [6.07, 6.45) is 3.30. The van der Waals surface area contributed by atoms with Gasteiger partial charge in [0.2, 0.25) is 0 Å². The van der Waals surface area contributed by atoms with Gasteiger partial charge in [0, 0.05) is 6.20 Å². The lowest BCUT2D eigenvalue weighted by Gasteiger charge is -2.18. The predicted molar refractivity (Wildman–Crippen MR) is 91.3 cm³/mol. The monoisotopic (exact) mass is 330 g/mol. The molecule has 0 spiro atoms. The van der Waals surface area contributed by atoms with E-state index in [0.717, 1.165) is 10.2 Å². The number of thiazole rings is 1. The number of methoxy groups -OCH3 is 1. The van der Waals surface area contributed by atoms with Crippen molar-refractivity contribution in [3.05, 3.63) is 36.2 Å². The van der Waals surface area contributed by atoms with Crippen molar-refractivity contribution in [2.45, 2.75) is 26.3 Å². The first-order valence-electron chi connectivity index (χ1n) is 7.18. The maximum atomic E-state index is 12.4. The number of amides is 1. The van der Waals surface area contributed by atoms with Gasteiger partial charge in [-0.25, -0.2) is 4.98 Å². The molecule has 1 amide bonds. The fraction of sp³-hybridized carbons (Fsp3) is 0.312. The molecule has 6 nitrogen and oxygen atoms in total. The molecule has 2 aromatic heterocycles. The zero-order valence-corrected chi connectivity index (χ0v) is 14.3. The molecule has 3 rings (SSSR count). The van der Waals surface area contributed by atoms with E-state index in [9.17, 15) is 4.79 Å². The van der Waals surface area contributed by atoms with Crippen LogP contribution in [0.15, 0.2) is 30.6 Å². The van der Waals surface area contributed by atoms with E-state index in [0.29, 0.717) is 16.4 Å². The summed E-state index contributed by atoms with van der Waals surface area (Å²) in [6.45, 7) is 6.09. The molecule has 0 bridgehead atoms. The number of hydrogen-bond acceptors (Lipinski definition) is 5. The Bertz CT molecular complexity index is 860. The normalized spacial score (nSPS) is 11.7. The van der Waals surface area contributed by atoms with E-state index in [1.165, 1.54) is 11.3 Å². The van der Waals surface area contributed by atoms with E-state index >= 15 is 0 Å². The molecule has 3 aromatic rings. The van der Waals surface area contributed by atoms with Gasteiger partial charge in [0.05, 0.1) is 29.1 Å². The summed E-state index contributed by atoms with van der Waals surface area (Å²) in [5.74, 6) is 0.471. The van der Waals surface area contributed by atoms with Crippen LogP contribution in [0.3, 0.4) is 0 Å². The lowest BCUT2D eigenvalue weighted by molar-refractivity contribution is 0.102. The zero-order valence-electron chi connectivity index (χ0n) is 13.5. The molecule has 2 heterocycles. The maximum Gasteiger partial charge on any atom is 0.260 e. The maximum absolute atomic E-state index is 12.4. The fourth-order valence-corrected chi connectivity index (χ4v) is 3.00. The SMILES string of the molecule is COc1cccc2sc(NC(=O)c3cnn(C(C)(C)C)c3)nc12. The molecule has 0 fully saturated rings. The van der Waals surface area contributed by atoms with Crippen LogP contribution in [0.25, 0.3) is 10.2 Å². The Labute approximate surface area is 138 Å². The van der Waals surface area contributed by atoms with Gasteiger partial charge in [-0.05, 0) is 32.9 Å². The quantitative estimate of drug-likeness (QED) is 0.798. The van der Waals surface area contributed by atoms with Crippen LogP contribution in [0, 0.1) is 0 Å². The molecule has 0 saturated heterocycles. The first-order valence-corrected chi connectivity index (χ1v) is 8.00. The molecule has 1 N–H and O–H groups in total. The lowest BCUT2D eigenvalue weighted by Crippen LogP contribution is -2.22. The van der Waals surface area contributed by atoms with Gasteiger partial charge in [0.1, 0.15) is 11.3 Å². The molecule has 0 saturated carbocycles. The number of anilines is 1. The van der Waals surface area contributed by atoms with Crippen molar-refractivity contribution >= 4 is 32.6 Å². The smallest absolute Gasteiger partial charge is 0.260 e. The summed E-state index contributed by atoms with van der Waals surface area (Å²) in [5.41, 5.74) is 1.09. The summed E-state index contributed by atoms with van der Waals surface area (Å²) in [6, 6.07) is 5.70. The third kappa shape index (κ3) is 3.05. The molecule has 120 valence electrons. The van der Waals surface area contributed by atoms with E-state index in [1.54, 1.807) is 24.2 Å². The van der Waals surface area contributed by atoms with E-state index in [4.69, 9.17) is 4.74 Å². The second kappa shape index (κ2) is 5.66. The van der Waals surface area contributed by atoms with E-state index in [2.05, 4.69) is 15.4 Å². The van der Waals surface area contributed by atoms with Crippen molar-refractivity contribution in [1.29, 1.82) is 0 Å². The van der Waals surface area contributed by atoms with Crippen LogP contribution in [0.4, 0.5) is 5.13 Å². The Hall–Kier alpha value is -2.41. The number of benzene rings is 1. The number of aromatic nitrogens is 3. The van der Waals surface area contributed by atoms with Crippen LogP contribution in [0.2, 0.25) is 0 Å². The lowest BCUT2D eigenvalue weighted by atomic mass is 10.1. The number of ether oxygens (including phenoxy) is 1. The fourth-order valence-electron chi connectivity index (χ4n) is 2.12. The van der Waals surface area contributed by atoms with Gasteiger partial charge in [-0.1, -0.05) is 17.4 Å². The van der Waals surface area contributed by atoms with Gasteiger partial charge in [0.15, 0.2) is 5.13 Å². The summed E-state index contributed by atoms with van der Waals surface area (Å²) in [5, 5.41) is 7.60. The Balaban J connectivity index is 1.84. The molecule has 1 aromatic carbocycles. The Morgan fingerprint density at radius 3 is 2.78 bits per heavy atom. The highest BCUT2D eigenvalue weighted by Gasteiger charge is 2.18. The van der Waals surface area contributed by atoms with Crippen LogP contribution < -0.4 is 10.1 Å². The second-order valence-electron chi connectivity index (χ2n) is 6.12. The standard InChI is InChI=1S/C16H18N4O2S/c1-16(2,3)20-9-10(8-17-20)14(21)19-15-18-13-11(22-4)6-5-7-12(13)23-15/h5-9H,1-4H3,(H,18,19,21). The van der Waals surface area contributed by atoms with Gasteiger partial charge in [0.25, 0.3) is 5.91 Å². The van der Waals surface area contributed by atoms with Crippen molar-refractivity contribution in [1.82, 2.24) is 14.8 Å². The molecule has 0 unspecified atom stereocenters. The van der Waals surface area contributed by atoms with Crippen LogP contribution >= 0.6 is 11.3 Å². The van der Waals surface area contributed by atoms with E-state index in [1.807, 2.05) is 39.0 Å². The third-order valence-electron chi connectivity index (χ3n) is 3.35. The molecule has 0 atom stereocenters. The highest BCUT2D eigenvalue weighted by molar-refractivity contribution is 7.22. The number of fused-ring (bicyclic) bond motifs is 1. The number of nitrogens with zero attached hydrogens (tertiary/aromatic N) is 3. The van der Waals surface area contributed by atoms with Gasteiger partial charge in [-0.2, -0.15) is 5.10 Å². The molecular weight excluding hydrogens is 312 g/mol. The largest absolute Gasteiger partial charge is 0.494 e. The summed E-state index contributed by atoms with van der Waals surface area (Å²) >= 11 is 1.41. The topological polar surface area (TPSA) is 69.0 Å². The van der Waals surface area contributed by atoms with Crippen LogP contribution in [0.1, 0.15) is 31.1 Å². The number of carbonyl (C=O) groups excluding carboxylic acids is 1. The number of para-hydroxylation sites is 1. The minimum Gasteiger partial charge on any atom is -0.494 e. The molecule has 0 aliphatic rings. The number of hydrogen-bond donors (Lipinski definition) is 1. The van der Waals surface area contributed by atoms with Crippen molar-refractivity contribution in [2.75, 3.05) is 12.4 Å². The molecule has 7 heteroatoms. The zero-order chi connectivity index (χ0) is 16.6. The minimum atomic E-state index is -0.224. The van der Waals surface area contributed by atoms with Crippen molar-refractivity contribution in [2.24, 2.45) is 0 Å². The molecule has 0 aliphatic heterocycles. The number of nitrogens with one attached hydrogen (secondary N) is 1. The van der Waals surface area contributed by atoms with E-state index in [-0.39, 0.29) is 11.4 Å². The first kappa shape index (κ1) is 15.5. The summed E-state index contributed by atoms with van der Waals surface area (Å²) < 4.78 is 8.02. The van der Waals surface area contributed by atoms with Gasteiger partial charge >= 0.3 is 0 Å². The molecule has 0 radical (unpaired) electrons. The Morgan fingerprint density at radius 1 is 1.35 bits per heavy atom. The Morgan fingerprint density at radius 2 is 2.13 bits per heavy atom.